The number of rotatable bonds is 4. The molecule has 0 radical (unpaired) electrons. The molecule has 0 fully saturated rings. The van der Waals surface area contributed by atoms with Gasteiger partial charge >= 0.3 is 0 Å². The number of alkyl halides is 1. The third-order valence-electron chi connectivity index (χ3n) is 2.20. The highest BCUT2D eigenvalue weighted by Gasteiger charge is 2.19. The molecule has 0 aliphatic rings. The molecule has 0 aliphatic carbocycles. The summed E-state index contributed by atoms with van der Waals surface area (Å²) in [6.45, 7) is 1.87. The van der Waals surface area contributed by atoms with Gasteiger partial charge in [0.1, 0.15) is 10.6 Å². The van der Waals surface area contributed by atoms with E-state index in [4.69, 9.17) is 4.55 Å². The molecule has 0 atom stereocenters. The van der Waals surface area contributed by atoms with Gasteiger partial charge in [-0.25, -0.2) is 0 Å². The van der Waals surface area contributed by atoms with Crippen molar-refractivity contribution in [2.24, 2.45) is 0 Å². The van der Waals surface area contributed by atoms with Gasteiger partial charge in [-0.3, -0.25) is 9.35 Å². The topological polar surface area (TPSA) is 104 Å². The molecule has 8 heteroatoms. The van der Waals surface area contributed by atoms with E-state index in [2.05, 4.69) is 27.9 Å². The summed E-state index contributed by atoms with van der Waals surface area (Å²) in [6, 6.07) is 2.09. The number of phenols is 1. The molecule has 0 unspecified atom stereocenters. The molecule has 0 aromatic heterocycles. The third-order valence-corrected chi connectivity index (χ3v) is 3.73. The van der Waals surface area contributed by atoms with Gasteiger partial charge < -0.3 is 10.4 Å². The predicted molar refractivity (Wildman–Crippen MR) is 73.9 cm³/mol. The van der Waals surface area contributed by atoms with Crippen molar-refractivity contribution in [1.82, 2.24) is 5.32 Å². The zero-order valence-electron chi connectivity index (χ0n) is 9.47. The lowest BCUT2D eigenvalue weighted by molar-refractivity contribution is 0.0953. The van der Waals surface area contributed by atoms with Gasteiger partial charge in [0, 0.05) is 17.0 Å². The van der Waals surface area contributed by atoms with E-state index in [-0.39, 0.29) is 11.1 Å². The van der Waals surface area contributed by atoms with E-state index in [1.54, 1.807) is 0 Å². The molecule has 1 aromatic carbocycles. The Kier molecular flexibility index (Phi) is 4.93. The predicted octanol–water partition coefficient (Wildman–Crippen LogP) is 1.11. The Hall–Kier alpha value is -0.870. The molecule has 0 spiro atoms. The molecular formula is C10H12INO5S. The number of aryl methyl sites for hydroxylation is 1. The van der Waals surface area contributed by atoms with E-state index in [0.29, 0.717) is 11.0 Å². The number of carbonyl (C=O) groups is 1. The van der Waals surface area contributed by atoms with Crippen LogP contribution in [0, 0.1) is 6.92 Å². The maximum atomic E-state index is 11.7. The van der Waals surface area contributed by atoms with Gasteiger partial charge in [0.2, 0.25) is 0 Å². The Balaban J connectivity index is 3.19. The number of halogens is 1. The van der Waals surface area contributed by atoms with Crippen LogP contribution in [-0.4, -0.2) is 35.0 Å². The largest absolute Gasteiger partial charge is 0.507 e. The summed E-state index contributed by atoms with van der Waals surface area (Å²) < 4.78 is 31.6. The second-order valence-electron chi connectivity index (χ2n) is 3.55. The number of phenolic OH excluding ortho intramolecular Hbond substituents is 1. The van der Waals surface area contributed by atoms with Crippen LogP contribution >= 0.6 is 22.6 Å². The minimum atomic E-state index is -4.41. The van der Waals surface area contributed by atoms with E-state index < -0.39 is 26.7 Å². The molecule has 3 N–H and O–H groups in total. The quantitative estimate of drug-likeness (QED) is 0.409. The number of hydrogen-bond donors (Lipinski definition) is 3. The monoisotopic (exact) mass is 385 g/mol. The number of amides is 1. The standard InChI is InChI=1S/C10H12INO5S/c1-6-4-7(10(14)12-3-2-11)8(13)5-9(6)18(15,16)17/h4-5,13H,2-3H2,1H3,(H,12,14)(H,15,16,17). The number of aromatic hydroxyl groups is 1. The van der Waals surface area contributed by atoms with Crippen LogP contribution in [0.3, 0.4) is 0 Å². The zero-order chi connectivity index (χ0) is 13.9. The van der Waals surface area contributed by atoms with Crippen molar-refractivity contribution < 1.29 is 22.9 Å². The zero-order valence-corrected chi connectivity index (χ0v) is 12.4. The highest BCUT2D eigenvalue weighted by Crippen LogP contribution is 2.25. The van der Waals surface area contributed by atoms with Crippen LogP contribution < -0.4 is 5.32 Å². The first kappa shape index (κ1) is 15.2. The second kappa shape index (κ2) is 5.85. The van der Waals surface area contributed by atoms with Gasteiger partial charge in [0.05, 0.1) is 5.56 Å². The molecule has 6 nitrogen and oxygen atoms in total. The third kappa shape index (κ3) is 3.56. The highest BCUT2D eigenvalue weighted by molar-refractivity contribution is 14.1. The number of benzene rings is 1. The Morgan fingerprint density at radius 2 is 2.06 bits per heavy atom. The lowest BCUT2D eigenvalue weighted by Gasteiger charge is -2.09. The van der Waals surface area contributed by atoms with Gasteiger partial charge in [-0.15, -0.1) is 0 Å². The fraction of sp³-hybridized carbons (Fsp3) is 0.300. The first-order chi connectivity index (χ1) is 8.27. The van der Waals surface area contributed by atoms with Gasteiger partial charge in [-0.1, -0.05) is 22.6 Å². The Morgan fingerprint density at radius 1 is 1.44 bits per heavy atom. The molecule has 1 rings (SSSR count). The summed E-state index contributed by atoms with van der Waals surface area (Å²) in [4.78, 5) is 11.2. The lowest BCUT2D eigenvalue weighted by atomic mass is 10.1. The lowest BCUT2D eigenvalue weighted by Crippen LogP contribution is -2.25. The second-order valence-corrected chi connectivity index (χ2v) is 6.02. The van der Waals surface area contributed by atoms with Crippen molar-refractivity contribution in [2.45, 2.75) is 11.8 Å². The van der Waals surface area contributed by atoms with Crippen LogP contribution in [0.5, 0.6) is 5.75 Å². The van der Waals surface area contributed by atoms with Crippen molar-refractivity contribution >= 4 is 38.6 Å². The number of hydrogen-bond acceptors (Lipinski definition) is 4. The SMILES string of the molecule is Cc1cc(C(=O)NCCI)c(O)cc1S(=O)(=O)O. The summed E-state index contributed by atoms with van der Waals surface area (Å²) >= 11 is 2.08. The summed E-state index contributed by atoms with van der Waals surface area (Å²) in [7, 11) is -4.41. The van der Waals surface area contributed by atoms with Crippen molar-refractivity contribution in [1.29, 1.82) is 0 Å². The average molecular weight is 385 g/mol. The molecule has 0 heterocycles. The van der Waals surface area contributed by atoms with Crippen molar-refractivity contribution in [3.05, 3.63) is 23.3 Å². The van der Waals surface area contributed by atoms with Crippen LogP contribution in [0.1, 0.15) is 15.9 Å². The minimum Gasteiger partial charge on any atom is -0.507 e. The summed E-state index contributed by atoms with van der Waals surface area (Å²) in [5, 5.41) is 12.2. The Bertz CT molecular complexity index is 570. The first-order valence-corrected chi connectivity index (χ1v) is 7.89. The van der Waals surface area contributed by atoms with E-state index in [9.17, 15) is 18.3 Å². The van der Waals surface area contributed by atoms with Crippen LogP contribution in [0.4, 0.5) is 0 Å². The molecule has 0 bridgehead atoms. The van der Waals surface area contributed by atoms with Gasteiger partial charge in [0.15, 0.2) is 0 Å². The van der Waals surface area contributed by atoms with Crippen LogP contribution in [0.15, 0.2) is 17.0 Å². The fourth-order valence-electron chi connectivity index (χ4n) is 1.39. The Labute approximate surface area is 118 Å². The van der Waals surface area contributed by atoms with Gasteiger partial charge in [-0.05, 0) is 18.6 Å². The van der Waals surface area contributed by atoms with E-state index in [0.717, 1.165) is 6.07 Å². The van der Waals surface area contributed by atoms with Crippen molar-refractivity contribution in [3.63, 3.8) is 0 Å². The molecular weight excluding hydrogens is 373 g/mol. The van der Waals surface area contributed by atoms with E-state index in [1.165, 1.54) is 13.0 Å². The molecule has 1 amide bonds. The van der Waals surface area contributed by atoms with Crippen molar-refractivity contribution in [3.8, 4) is 5.75 Å². The molecule has 1 aromatic rings. The van der Waals surface area contributed by atoms with Crippen molar-refractivity contribution in [2.75, 3.05) is 11.0 Å². The number of nitrogens with one attached hydrogen (secondary N) is 1. The summed E-state index contributed by atoms with van der Waals surface area (Å²) in [5.41, 5.74) is 0.166. The van der Waals surface area contributed by atoms with Crippen LogP contribution in [-0.2, 0) is 10.1 Å². The molecule has 0 saturated carbocycles. The van der Waals surface area contributed by atoms with E-state index in [1.807, 2.05) is 0 Å². The average Bonchev–Trinajstić information content (AvgIpc) is 2.27. The summed E-state index contributed by atoms with van der Waals surface area (Å²) in [6.07, 6.45) is 0. The maximum absolute atomic E-state index is 11.7. The van der Waals surface area contributed by atoms with Gasteiger partial charge in [0.25, 0.3) is 16.0 Å². The first-order valence-electron chi connectivity index (χ1n) is 4.92. The summed E-state index contributed by atoms with van der Waals surface area (Å²) in [5.74, 6) is -0.978. The normalized spacial score (nSPS) is 11.3. The fourth-order valence-corrected chi connectivity index (χ4v) is 2.39. The molecule has 0 aliphatic heterocycles. The molecule has 0 saturated heterocycles. The molecule has 100 valence electrons. The smallest absolute Gasteiger partial charge is 0.294 e. The van der Waals surface area contributed by atoms with Crippen LogP contribution in [0.2, 0.25) is 0 Å². The van der Waals surface area contributed by atoms with Gasteiger partial charge in [-0.2, -0.15) is 8.42 Å². The highest BCUT2D eigenvalue weighted by atomic mass is 127. The Morgan fingerprint density at radius 3 is 2.56 bits per heavy atom. The maximum Gasteiger partial charge on any atom is 0.294 e. The molecule has 18 heavy (non-hydrogen) atoms. The van der Waals surface area contributed by atoms with E-state index >= 15 is 0 Å². The minimum absolute atomic E-state index is 0.0234. The van der Waals surface area contributed by atoms with Crippen LogP contribution in [0.25, 0.3) is 0 Å². The number of carbonyl (C=O) groups excluding carboxylic acids is 1.